The second-order valence-electron chi connectivity index (χ2n) is 5.09. The van der Waals surface area contributed by atoms with Gasteiger partial charge < -0.3 is 9.88 Å². The predicted octanol–water partition coefficient (Wildman–Crippen LogP) is 1.69. The fourth-order valence-electron chi connectivity index (χ4n) is 2.61. The van der Waals surface area contributed by atoms with E-state index in [0.717, 1.165) is 19.1 Å². The van der Waals surface area contributed by atoms with Gasteiger partial charge in [-0.2, -0.15) is 0 Å². The van der Waals surface area contributed by atoms with Gasteiger partial charge in [-0.1, -0.05) is 12.8 Å². The number of nitrogens with zero attached hydrogens (tertiary/aromatic N) is 3. The Morgan fingerprint density at radius 3 is 2.81 bits per heavy atom. The second kappa shape index (κ2) is 4.53. The van der Waals surface area contributed by atoms with Crippen molar-refractivity contribution < 1.29 is 0 Å². The van der Waals surface area contributed by atoms with Gasteiger partial charge in [-0.25, -0.2) is 0 Å². The topological polar surface area (TPSA) is 42.7 Å². The number of hydrogen-bond acceptors (Lipinski definition) is 3. The van der Waals surface area contributed by atoms with Crippen molar-refractivity contribution in [2.24, 2.45) is 0 Å². The molecule has 1 aromatic rings. The van der Waals surface area contributed by atoms with Crippen LogP contribution in [0, 0.1) is 0 Å². The molecular weight excluding hydrogens is 200 g/mol. The van der Waals surface area contributed by atoms with Gasteiger partial charge in [-0.3, -0.25) is 0 Å². The van der Waals surface area contributed by atoms with Gasteiger partial charge in [0.2, 0.25) is 0 Å². The van der Waals surface area contributed by atoms with E-state index in [0.29, 0.717) is 5.92 Å². The molecule has 0 atom stereocenters. The van der Waals surface area contributed by atoms with Crippen LogP contribution in [0.1, 0.15) is 50.3 Å². The zero-order valence-corrected chi connectivity index (χ0v) is 9.73. The standard InChI is InChI=1S/C12H20N4/c1-2-4-11(3-1)13-7-8-16-9-14-15-12(16)10-5-6-10/h9-11,13H,1-8H2. The van der Waals surface area contributed by atoms with E-state index >= 15 is 0 Å². The molecule has 2 saturated carbocycles. The van der Waals surface area contributed by atoms with Gasteiger partial charge in [-0.05, 0) is 25.7 Å². The third kappa shape index (κ3) is 2.26. The number of rotatable bonds is 5. The molecule has 1 aromatic heterocycles. The van der Waals surface area contributed by atoms with E-state index in [9.17, 15) is 0 Å². The van der Waals surface area contributed by atoms with Gasteiger partial charge in [0.1, 0.15) is 12.2 Å². The fraction of sp³-hybridized carbons (Fsp3) is 0.833. The predicted molar refractivity (Wildman–Crippen MR) is 62.3 cm³/mol. The molecule has 4 heteroatoms. The molecule has 0 unspecified atom stereocenters. The van der Waals surface area contributed by atoms with Crippen molar-refractivity contribution in [3.63, 3.8) is 0 Å². The van der Waals surface area contributed by atoms with Crippen LogP contribution < -0.4 is 5.32 Å². The van der Waals surface area contributed by atoms with Gasteiger partial charge in [0.05, 0.1) is 0 Å². The molecule has 0 aromatic carbocycles. The number of aromatic nitrogens is 3. The third-order valence-electron chi connectivity index (χ3n) is 3.73. The van der Waals surface area contributed by atoms with Crippen molar-refractivity contribution in [3.05, 3.63) is 12.2 Å². The fourth-order valence-corrected chi connectivity index (χ4v) is 2.61. The van der Waals surface area contributed by atoms with Crippen molar-refractivity contribution in [2.75, 3.05) is 6.54 Å². The summed E-state index contributed by atoms with van der Waals surface area (Å²) in [5.74, 6) is 1.90. The van der Waals surface area contributed by atoms with Crippen LogP contribution in [0.15, 0.2) is 6.33 Å². The van der Waals surface area contributed by atoms with Crippen LogP contribution in [-0.2, 0) is 6.54 Å². The van der Waals surface area contributed by atoms with Crippen LogP contribution >= 0.6 is 0 Å². The van der Waals surface area contributed by atoms with Crippen molar-refractivity contribution in [2.45, 2.75) is 57.0 Å². The molecule has 88 valence electrons. The normalized spacial score (nSPS) is 21.8. The van der Waals surface area contributed by atoms with Crippen LogP contribution in [0.25, 0.3) is 0 Å². The second-order valence-corrected chi connectivity index (χ2v) is 5.09. The van der Waals surface area contributed by atoms with Crippen molar-refractivity contribution in [1.82, 2.24) is 20.1 Å². The summed E-state index contributed by atoms with van der Waals surface area (Å²) in [5, 5.41) is 11.9. The summed E-state index contributed by atoms with van der Waals surface area (Å²) in [5.41, 5.74) is 0. The molecule has 0 bridgehead atoms. The van der Waals surface area contributed by atoms with E-state index in [4.69, 9.17) is 0 Å². The minimum absolute atomic E-state index is 0.703. The Morgan fingerprint density at radius 2 is 2.06 bits per heavy atom. The monoisotopic (exact) mass is 220 g/mol. The molecule has 16 heavy (non-hydrogen) atoms. The van der Waals surface area contributed by atoms with Gasteiger partial charge in [0.15, 0.2) is 0 Å². The molecule has 0 saturated heterocycles. The zero-order valence-electron chi connectivity index (χ0n) is 9.73. The van der Waals surface area contributed by atoms with Crippen LogP contribution in [0.5, 0.6) is 0 Å². The van der Waals surface area contributed by atoms with E-state index in [1.165, 1.54) is 44.3 Å². The Hall–Kier alpha value is -0.900. The summed E-state index contributed by atoms with van der Waals surface area (Å²) in [7, 11) is 0. The van der Waals surface area contributed by atoms with Crippen LogP contribution in [0.3, 0.4) is 0 Å². The lowest BCUT2D eigenvalue weighted by Crippen LogP contribution is -2.29. The zero-order chi connectivity index (χ0) is 10.8. The average Bonchev–Trinajstić information content (AvgIpc) is 2.82. The van der Waals surface area contributed by atoms with Crippen LogP contribution in [-0.4, -0.2) is 27.4 Å². The van der Waals surface area contributed by atoms with E-state index < -0.39 is 0 Å². The summed E-state index contributed by atoms with van der Waals surface area (Å²) in [4.78, 5) is 0. The third-order valence-corrected chi connectivity index (χ3v) is 3.73. The molecule has 0 amide bonds. The molecule has 4 nitrogen and oxygen atoms in total. The molecule has 1 heterocycles. The number of nitrogens with one attached hydrogen (secondary N) is 1. The van der Waals surface area contributed by atoms with E-state index in [-0.39, 0.29) is 0 Å². The van der Waals surface area contributed by atoms with Crippen molar-refractivity contribution >= 4 is 0 Å². The molecule has 0 spiro atoms. The number of hydrogen-bond donors (Lipinski definition) is 1. The summed E-state index contributed by atoms with van der Waals surface area (Å²) < 4.78 is 2.22. The summed E-state index contributed by atoms with van der Waals surface area (Å²) in [6.45, 7) is 2.08. The lowest BCUT2D eigenvalue weighted by Gasteiger charge is -2.12. The lowest BCUT2D eigenvalue weighted by molar-refractivity contribution is 0.491. The smallest absolute Gasteiger partial charge is 0.135 e. The van der Waals surface area contributed by atoms with Crippen molar-refractivity contribution in [1.29, 1.82) is 0 Å². The van der Waals surface area contributed by atoms with Gasteiger partial charge in [0, 0.05) is 25.0 Å². The average molecular weight is 220 g/mol. The summed E-state index contributed by atoms with van der Waals surface area (Å²) in [6.07, 6.45) is 10.00. The van der Waals surface area contributed by atoms with Crippen LogP contribution in [0.2, 0.25) is 0 Å². The van der Waals surface area contributed by atoms with Gasteiger partial charge in [0.25, 0.3) is 0 Å². The molecule has 2 aliphatic carbocycles. The minimum Gasteiger partial charge on any atom is -0.316 e. The first kappa shape index (κ1) is 10.3. The van der Waals surface area contributed by atoms with E-state index in [2.05, 4.69) is 20.1 Å². The lowest BCUT2D eigenvalue weighted by atomic mass is 10.2. The molecule has 2 aliphatic rings. The van der Waals surface area contributed by atoms with Gasteiger partial charge >= 0.3 is 0 Å². The van der Waals surface area contributed by atoms with Crippen LogP contribution in [0.4, 0.5) is 0 Å². The maximum absolute atomic E-state index is 4.21. The first-order valence-electron chi connectivity index (χ1n) is 6.54. The van der Waals surface area contributed by atoms with E-state index in [1.807, 2.05) is 6.33 Å². The quantitative estimate of drug-likeness (QED) is 0.821. The summed E-state index contributed by atoms with van der Waals surface area (Å²) in [6, 6.07) is 0.765. The van der Waals surface area contributed by atoms with E-state index in [1.54, 1.807) is 0 Å². The highest BCUT2D eigenvalue weighted by atomic mass is 15.3. The first-order valence-corrected chi connectivity index (χ1v) is 6.54. The Balaban J connectivity index is 1.48. The largest absolute Gasteiger partial charge is 0.316 e. The molecule has 2 fully saturated rings. The maximum atomic E-state index is 4.21. The Bertz CT molecular complexity index is 337. The first-order chi connectivity index (χ1) is 7.93. The highest BCUT2D eigenvalue weighted by Crippen LogP contribution is 2.38. The molecule has 1 N–H and O–H groups in total. The molecule has 0 radical (unpaired) electrons. The Labute approximate surface area is 96.4 Å². The highest BCUT2D eigenvalue weighted by molar-refractivity contribution is 5.04. The summed E-state index contributed by atoms with van der Waals surface area (Å²) >= 11 is 0. The minimum atomic E-state index is 0.703. The maximum Gasteiger partial charge on any atom is 0.135 e. The van der Waals surface area contributed by atoms with Crippen molar-refractivity contribution in [3.8, 4) is 0 Å². The Morgan fingerprint density at radius 1 is 1.25 bits per heavy atom. The molecule has 3 rings (SSSR count). The molecular formula is C12H20N4. The van der Waals surface area contributed by atoms with Gasteiger partial charge in [-0.15, -0.1) is 10.2 Å². The Kier molecular flexibility index (Phi) is 2.91. The molecule has 0 aliphatic heterocycles. The SMILES string of the molecule is c1nnc(C2CC2)n1CCNC1CCCC1. The highest BCUT2D eigenvalue weighted by Gasteiger charge is 2.28.